The number of primary amides is 1. The molecule has 0 atom stereocenters. The lowest BCUT2D eigenvalue weighted by Gasteiger charge is -2.01. The molecule has 4 heteroatoms. The van der Waals surface area contributed by atoms with Crippen LogP contribution >= 0.6 is 0 Å². The number of methoxy groups -OCH3 is 1. The molecule has 4 nitrogen and oxygen atoms in total. The van der Waals surface area contributed by atoms with Crippen LogP contribution in [0.3, 0.4) is 0 Å². The third-order valence-corrected chi connectivity index (χ3v) is 1.81. The number of carbonyl (C=O) groups is 1. The quantitative estimate of drug-likeness (QED) is 0.744. The number of benzene rings is 1. The molecule has 1 aromatic carbocycles. The van der Waals surface area contributed by atoms with Gasteiger partial charge in [-0.25, -0.2) is 0 Å². The number of nitrogens with two attached hydrogens (primary N) is 1. The van der Waals surface area contributed by atoms with Crippen LogP contribution in [0.1, 0.15) is 11.1 Å². The maximum absolute atomic E-state index is 10.5. The Labute approximate surface area is 87.6 Å². The third-order valence-electron chi connectivity index (χ3n) is 1.81. The van der Waals surface area contributed by atoms with E-state index in [9.17, 15) is 4.79 Å². The second kappa shape index (κ2) is 4.82. The largest absolute Gasteiger partial charge is 0.497 e. The minimum Gasteiger partial charge on any atom is -0.497 e. The van der Waals surface area contributed by atoms with Gasteiger partial charge in [0.25, 0.3) is 0 Å². The summed E-state index contributed by atoms with van der Waals surface area (Å²) in [6, 6.07) is 7.01. The number of amides is 1. The van der Waals surface area contributed by atoms with Gasteiger partial charge in [0, 0.05) is 6.08 Å². The molecule has 0 aromatic heterocycles. The fourth-order valence-corrected chi connectivity index (χ4v) is 1.08. The Hall–Kier alpha value is -2.28. The molecule has 0 aliphatic heterocycles. The van der Waals surface area contributed by atoms with Gasteiger partial charge in [-0.15, -0.1) is 0 Å². The molecule has 0 unspecified atom stereocenters. The number of hydrogen-bond acceptors (Lipinski definition) is 3. The van der Waals surface area contributed by atoms with Gasteiger partial charge in [0.1, 0.15) is 5.75 Å². The Morgan fingerprint density at radius 1 is 1.60 bits per heavy atom. The van der Waals surface area contributed by atoms with Crippen LogP contribution < -0.4 is 10.5 Å². The zero-order valence-corrected chi connectivity index (χ0v) is 8.23. The third kappa shape index (κ3) is 2.85. The van der Waals surface area contributed by atoms with E-state index in [1.54, 1.807) is 18.2 Å². The standard InChI is InChI=1S/C11H10N2O2/c1-15-10-4-2-8(3-5-11(13)14)9(6-10)7-12/h2-6H,1H3,(H2,13,14)/b5-3-. The van der Waals surface area contributed by atoms with Gasteiger partial charge in [0.15, 0.2) is 0 Å². The Bertz CT molecular complexity index is 444. The number of hydrogen-bond donors (Lipinski definition) is 1. The second-order valence-electron chi connectivity index (χ2n) is 2.80. The minimum atomic E-state index is -0.547. The van der Waals surface area contributed by atoms with Crippen LogP contribution in [0, 0.1) is 11.3 Å². The van der Waals surface area contributed by atoms with Crippen molar-refractivity contribution in [2.24, 2.45) is 5.73 Å². The van der Waals surface area contributed by atoms with Crippen LogP contribution in [0.4, 0.5) is 0 Å². The zero-order chi connectivity index (χ0) is 11.3. The summed E-state index contributed by atoms with van der Waals surface area (Å²) in [5.41, 5.74) is 6.03. The molecule has 0 heterocycles. The van der Waals surface area contributed by atoms with E-state index in [2.05, 4.69) is 0 Å². The molecular formula is C11H10N2O2. The van der Waals surface area contributed by atoms with Crippen molar-refractivity contribution in [3.63, 3.8) is 0 Å². The molecule has 1 rings (SSSR count). The lowest BCUT2D eigenvalue weighted by molar-refractivity contribution is -0.113. The van der Waals surface area contributed by atoms with Crippen LogP contribution in [0.5, 0.6) is 5.75 Å². The average molecular weight is 202 g/mol. The molecule has 0 radical (unpaired) electrons. The Kier molecular flexibility index (Phi) is 3.47. The van der Waals surface area contributed by atoms with Crippen molar-refractivity contribution in [1.82, 2.24) is 0 Å². The van der Waals surface area contributed by atoms with Gasteiger partial charge in [-0.1, -0.05) is 0 Å². The summed E-state index contributed by atoms with van der Waals surface area (Å²) in [5.74, 6) is 0.0532. The van der Waals surface area contributed by atoms with Crippen LogP contribution in [0.2, 0.25) is 0 Å². The van der Waals surface area contributed by atoms with E-state index in [4.69, 9.17) is 15.7 Å². The van der Waals surface area contributed by atoms with Crippen molar-refractivity contribution >= 4 is 12.0 Å². The topological polar surface area (TPSA) is 76.1 Å². The van der Waals surface area contributed by atoms with Gasteiger partial charge in [0.05, 0.1) is 18.7 Å². The predicted molar refractivity (Wildman–Crippen MR) is 55.9 cm³/mol. The van der Waals surface area contributed by atoms with Crippen LogP contribution in [0.25, 0.3) is 6.08 Å². The maximum atomic E-state index is 10.5. The fraction of sp³-hybridized carbons (Fsp3) is 0.0909. The number of nitriles is 1. The minimum absolute atomic E-state index is 0.437. The Morgan fingerprint density at radius 2 is 2.33 bits per heavy atom. The SMILES string of the molecule is COc1ccc(/C=C\C(N)=O)c(C#N)c1. The molecule has 76 valence electrons. The monoisotopic (exact) mass is 202 g/mol. The molecule has 0 aliphatic rings. The number of carbonyl (C=O) groups excluding carboxylic acids is 1. The highest BCUT2D eigenvalue weighted by atomic mass is 16.5. The van der Waals surface area contributed by atoms with Gasteiger partial charge < -0.3 is 10.5 Å². The van der Waals surface area contributed by atoms with Crippen molar-refractivity contribution in [1.29, 1.82) is 5.26 Å². The van der Waals surface area contributed by atoms with E-state index in [0.29, 0.717) is 16.9 Å². The molecule has 0 bridgehead atoms. The average Bonchev–Trinajstić information content (AvgIpc) is 2.25. The lowest BCUT2D eigenvalue weighted by Crippen LogP contribution is -2.05. The predicted octanol–water partition coefficient (Wildman–Crippen LogP) is 1.07. The molecular weight excluding hydrogens is 192 g/mol. The maximum Gasteiger partial charge on any atom is 0.241 e. The highest BCUT2D eigenvalue weighted by Gasteiger charge is 2.00. The van der Waals surface area contributed by atoms with Gasteiger partial charge in [0.2, 0.25) is 5.91 Å². The summed E-state index contributed by atoms with van der Waals surface area (Å²) in [7, 11) is 1.52. The summed E-state index contributed by atoms with van der Waals surface area (Å²) >= 11 is 0. The van der Waals surface area contributed by atoms with Gasteiger partial charge in [-0.05, 0) is 29.8 Å². The molecule has 1 aromatic rings. The van der Waals surface area contributed by atoms with E-state index in [1.165, 1.54) is 19.3 Å². The first-order chi connectivity index (χ1) is 7.17. The van der Waals surface area contributed by atoms with Crippen molar-refractivity contribution in [3.05, 3.63) is 35.4 Å². The highest BCUT2D eigenvalue weighted by molar-refractivity contribution is 5.90. The van der Waals surface area contributed by atoms with Gasteiger partial charge in [-0.2, -0.15) is 5.26 Å². The van der Waals surface area contributed by atoms with Crippen molar-refractivity contribution in [2.75, 3.05) is 7.11 Å². The zero-order valence-electron chi connectivity index (χ0n) is 8.23. The molecule has 0 aliphatic carbocycles. The van der Waals surface area contributed by atoms with E-state index < -0.39 is 5.91 Å². The molecule has 0 spiro atoms. The summed E-state index contributed by atoms with van der Waals surface area (Å²) in [6.45, 7) is 0. The number of ether oxygens (including phenoxy) is 1. The van der Waals surface area contributed by atoms with Crippen LogP contribution in [-0.2, 0) is 4.79 Å². The molecule has 15 heavy (non-hydrogen) atoms. The fourth-order valence-electron chi connectivity index (χ4n) is 1.08. The lowest BCUT2D eigenvalue weighted by atomic mass is 10.1. The summed E-state index contributed by atoms with van der Waals surface area (Å²) in [4.78, 5) is 10.5. The van der Waals surface area contributed by atoms with Gasteiger partial charge >= 0.3 is 0 Å². The van der Waals surface area contributed by atoms with Crippen LogP contribution in [-0.4, -0.2) is 13.0 Å². The first-order valence-electron chi connectivity index (χ1n) is 4.23. The Morgan fingerprint density at radius 3 is 2.87 bits per heavy atom. The molecule has 2 N–H and O–H groups in total. The molecule has 0 saturated carbocycles. The smallest absolute Gasteiger partial charge is 0.241 e. The number of rotatable bonds is 3. The van der Waals surface area contributed by atoms with Gasteiger partial charge in [-0.3, -0.25) is 4.79 Å². The van der Waals surface area contributed by atoms with Crippen LogP contribution in [0.15, 0.2) is 24.3 Å². The van der Waals surface area contributed by atoms with E-state index in [-0.39, 0.29) is 0 Å². The van der Waals surface area contributed by atoms with E-state index in [0.717, 1.165) is 0 Å². The van der Waals surface area contributed by atoms with Crippen molar-refractivity contribution < 1.29 is 9.53 Å². The summed E-state index contributed by atoms with van der Waals surface area (Å²) in [6.07, 6.45) is 2.71. The first kappa shape index (κ1) is 10.8. The first-order valence-corrected chi connectivity index (χ1v) is 4.23. The number of nitrogens with zero attached hydrogens (tertiary/aromatic N) is 1. The molecule has 0 saturated heterocycles. The second-order valence-corrected chi connectivity index (χ2v) is 2.80. The highest BCUT2D eigenvalue weighted by Crippen LogP contribution is 2.17. The molecule has 0 fully saturated rings. The molecule has 1 amide bonds. The van der Waals surface area contributed by atoms with Crippen molar-refractivity contribution in [2.45, 2.75) is 0 Å². The van der Waals surface area contributed by atoms with E-state index >= 15 is 0 Å². The summed E-state index contributed by atoms with van der Waals surface area (Å²) < 4.78 is 4.97. The van der Waals surface area contributed by atoms with E-state index in [1.807, 2.05) is 6.07 Å². The normalized spacial score (nSPS) is 9.87. The summed E-state index contributed by atoms with van der Waals surface area (Å²) in [5, 5.41) is 8.85. The Balaban J connectivity index is 3.09. The van der Waals surface area contributed by atoms with Crippen molar-refractivity contribution in [3.8, 4) is 11.8 Å².